The van der Waals surface area contributed by atoms with Crippen molar-refractivity contribution in [1.82, 2.24) is 19.9 Å². The van der Waals surface area contributed by atoms with Gasteiger partial charge in [0.25, 0.3) is 0 Å². The van der Waals surface area contributed by atoms with Crippen molar-refractivity contribution in [1.29, 1.82) is 0 Å². The van der Waals surface area contributed by atoms with Gasteiger partial charge in [-0.3, -0.25) is 0 Å². The average molecular weight is 377 g/mol. The minimum absolute atomic E-state index is 0. The highest BCUT2D eigenvalue weighted by molar-refractivity contribution is 5.22. The second-order valence-corrected chi connectivity index (χ2v) is 7.58. The zero-order valence-electron chi connectivity index (χ0n) is 19.1. The Hall–Kier alpha value is -1.84. The molecule has 4 nitrogen and oxygen atoms in total. The number of nitrogens with zero attached hydrogens (tertiary/aromatic N) is 4. The lowest BCUT2D eigenvalue weighted by Crippen LogP contribution is -2.15. The van der Waals surface area contributed by atoms with Crippen molar-refractivity contribution in [3.63, 3.8) is 0 Å². The van der Waals surface area contributed by atoms with Crippen LogP contribution in [0.3, 0.4) is 0 Å². The first-order chi connectivity index (χ1) is 12.0. The van der Waals surface area contributed by atoms with Crippen LogP contribution in [-0.2, 0) is 10.8 Å². The van der Waals surface area contributed by atoms with Crippen molar-refractivity contribution in [2.75, 3.05) is 0 Å². The van der Waals surface area contributed by atoms with Gasteiger partial charge in [-0.1, -0.05) is 76.7 Å². The largest absolute Gasteiger partial charge is 0.245 e. The van der Waals surface area contributed by atoms with E-state index >= 15 is 0 Å². The quantitative estimate of drug-likeness (QED) is 0.504. The summed E-state index contributed by atoms with van der Waals surface area (Å²) in [5, 5.41) is 0. The second kappa shape index (κ2) is 14.2. The third-order valence-corrected chi connectivity index (χ3v) is 3.33. The summed E-state index contributed by atoms with van der Waals surface area (Å²) >= 11 is 0. The van der Waals surface area contributed by atoms with Crippen LogP contribution in [0.25, 0.3) is 0 Å². The number of hydrogen-bond donors (Lipinski definition) is 0. The van der Waals surface area contributed by atoms with Gasteiger partial charge in [0.1, 0.15) is 12.7 Å². The minimum atomic E-state index is 0. The van der Waals surface area contributed by atoms with E-state index in [0.717, 1.165) is 11.4 Å². The molecule has 0 aliphatic carbocycles. The maximum absolute atomic E-state index is 4.24. The summed E-state index contributed by atoms with van der Waals surface area (Å²) in [5.74, 6) is 0. The van der Waals surface area contributed by atoms with Crippen LogP contribution in [0.2, 0.25) is 0 Å². The normalized spacial score (nSPS) is 9.93. The Kier molecular flexibility index (Phi) is 15.8. The number of rotatable bonds is 0. The van der Waals surface area contributed by atoms with Crippen LogP contribution in [0.5, 0.6) is 0 Å². The highest BCUT2D eigenvalue weighted by Gasteiger charge is 2.17. The SMILES string of the molecule is C.CC.CC.Cc1cncnc1C(C)(C)C.Cc1ncncc1C(C)(C)C. The lowest BCUT2D eigenvalue weighted by molar-refractivity contribution is 0.562. The van der Waals surface area contributed by atoms with Crippen LogP contribution in [0, 0.1) is 13.8 Å². The summed E-state index contributed by atoms with van der Waals surface area (Å²) in [6.45, 7) is 25.0. The summed E-state index contributed by atoms with van der Waals surface area (Å²) in [6.07, 6.45) is 6.94. The van der Waals surface area contributed by atoms with Gasteiger partial charge in [-0.2, -0.15) is 0 Å². The first-order valence-corrected chi connectivity index (χ1v) is 9.57. The smallest absolute Gasteiger partial charge is 0.115 e. The van der Waals surface area contributed by atoms with Gasteiger partial charge in [-0.05, 0) is 30.4 Å². The molecule has 0 atom stereocenters. The Labute approximate surface area is 169 Å². The average Bonchev–Trinajstić information content (AvgIpc) is 2.58. The topological polar surface area (TPSA) is 51.6 Å². The number of aromatic nitrogens is 4. The van der Waals surface area contributed by atoms with Crippen LogP contribution in [0.15, 0.2) is 25.0 Å². The molecule has 0 unspecified atom stereocenters. The summed E-state index contributed by atoms with van der Waals surface area (Å²) in [7, 11) is 0. The lowest BCUT2D eigenvalue weighted by Gasteiger charge is -2.19. The third kappa shape index (κ3) is 11.5. The zero-order valence-corrected chi connectivity index (χ0v) is 19.1. The van der Waals surface area contributed by atoms with Gasteiger partial charge in [0.15, 0.2) is 0 Å². The predicted octanol–water partition coefficient (Wildman–Crippen LogP) is 6.85. The minimum Gasteiger partial charge on any atom is -0.245 e. The third-order valence-electron chi connectivity index (χ3n) is 3.33. The molecule has 2 heterocycles. The van der Waals surface area contributed by atoms with Crippen LogP contribution in [-0.4, -0.2) is 19.9 Å². The van der Waals surface area contributed by atoms with Gasteiger partial charge >= 0.3 is 0 Å². The maximum Gasteiger partial charge on any atom is 0.115 e. The molecule has 0 saturated heterocycles. The molecule has 0 bridgehead atoms. The highest BCUT2D eigenvalue weighted by Crippen LogP contribution is 2.23. The molecule has 2 rings (SSSR count). The van der Waals surface area contributed by atoms with Gasteiger partial charge < -0.3 is 0 Å². The van der Waals surface area contributed by atoms with Gasteiger partial charge in [0.05, 0.1) is 5.69 Å². The molecule has 27 heavy (non-hydrogen) atoms. The molecule has 2 aromatic rings. The van der Waals surface area contributed by atoms with E-state index in [1.807, 2.05) is 53.9 Å². The van der Waals surface area contributed by atoms with Gasteiger partial charge in [-0.25, -0.2) is 19.9 Å². The van der Waals surface area contributed by atoms with E-state index in [0.29, 0.717) is 0 Å². The molecule has 0 aromatic carbocycles. The Morgan fingerprint density at radius 2 is 1.11 bits per heavy atom. The zero-order chi connectivity index (χ0) is 21.0. The van der Waals surface area contributed by atoms with E-state index in [9.17, 15) is 0 Å². The molecule has 0 saturated carbocycles. The van der Waals surface area contributed by atoms with Crippen LogP contribution >= 0.6 is 0 Å². The molecule has 4 heteroatoms. The standard InChI is InChI=1S/2C9H14N2.2C2H6.CH4/c1-7-8(9(2,3)4)5-10-6-11-7;1-7-5-10-6-11-8(7)9(2,3)4;2*1-2;/h2*5-6H,1-4H3;2*1-2H3;1H4. The molecule has 0 aliphatic rings. The van der Waals surface area contributed by atoms with E-state index in [4.69, 9.17) is 0 Å². The lowest BCUT2D eigenvalue weighted by atomic mass is 9.87. The molecule has 0 N–H and O–H groups in total. The Morgan fingerprint density at radius 3 is 1.41 bits per heavy atom. The first kappa shape index (κ1) is 29.9. The van der Waals surface area contributed by atoms with Crippen LogP contribution in [0.4, 0.5) is 0 Å². The molecule has 0 amide bonds. The maximum atomic E-state index is 4.24. The fourth-order valence-electron chi connectivity index (χ4n) is 2.31. The molecule has 2 aromatic heterocycles. The summed E-state index contributed by atoms with van der Waals surface area (Å²) in [5.41, 5.74) is 4.89. The monoisotopic (exact) mass is 376 g/mol. The summed E-state index contributed by atoms with van der Waals surface area (Å²) in [6, 6.07) is 0. The van der Waals surface area contributed by atoms with Crippen LogP contribution < -0.4 is 0 Å². The predicted molar refractivity (Wildman–Crippen MR) is 120 cm³/mol. The first-order valence-electron chi connectivity index (χ1n) is 9.57. The molecular weight excluding hydrogens is 332 g/mol. The highest BCUT2D eigenvalue weighted by atomic mass is 14.8. The fraction of sp³-hybridized carbons (Fsp3) is 0.652. The number of hydrogen-bond acceptors (Lipinski definition) is 4. The molecule has 0 spiro atoms. The molecular formula is C23H44N4. The van der Waals surface area contributed by atoms with Gasteiger partial charge in [-0.15, -0.1) is 0 Å². The summed E-state index contributed by atoms with van der Waals surface area (Å²) < 4.78 is 0. The molecule has 0 aliphatic heterocycles. The Morgan fingerprint density at radius 1 is 0.667 bits per heavy atom. The Bertz CT molecular complexity index is 553. The second-order valence-electron chi connectivity index (χ2n) is 7.58. The van der Waals surface area contributed by atoms with E-state index in [1.165, 1.54) is 11.1 Å². The van der Waals surface area contributed by atoms with Crippen molar-refractivity contribution in [3.8, 4) is 0 Å². The van der Waals surface area contributed by atoms with E-state index < -0.39 is 0 Å². The molecule has 0 radical (unpaired) electrons. The molecule has 0 fully saturated rings. The molecule has 156 valence electrons. The van der Waals surface area contributed by atoms with Crippen molar-refractivity contribution in [3.05, 3.63) is 47.6 Å². The Balaban J connectivity index is -0.000000349. The number of aryl methyl sites for hydroxylation is 2. The summed E-state index contributed by atoms with van der Waals surface area (Å²) in [4.78, 5) is 16.3. The van der Waals surface area contributed by atoms with Crippen molar-refractivity contribution < 1.29 is 0 Å². The van der Waals surface area contributed by atoms with Crippen LogP contribution in [0.1, 0.15) is 99.2 Å². The van der Waals surface area contributed by atoms with Gasteiger partial charge in [0.2, 0.25) is 0 Å². The van der Waals surface area contributed by atoms with Crippen molar-refractivity contribution in [2.24, 2.45) is 0 Å². The van der Waals surface area contributed by atoms with Crippen molar-refractivity contribution in [2.45, 2.75) is 101 Å². The van der Waals surface area contributed by atoms with E-state index in [2.05, 4.69) is 61.5 Å². The van der Waals surface area contributed by atoms with Crippen molar-refractivity contribution >= 4 is 0 Å². The fourth-order valence-corrected chi connectivity index (χ4v) is 2.31. The van der Waals surface area contributed by atoms with E-state index in [1.54, 1.807) is 12.7 Å². The van der Waals surface area contributed by atoms with E-state index in [-0.39, 0.29) is 18.3 Å². The van der Waals surface area contributed by atoms with Gasteiger partial charge in [0, 0.05) is 23.5 Å².